The molecule has 0 saturated heterocycles. The number of aryl methyl sites for hydroxylation is 1. The molecule has 1 aromatic carbocycles. The summed E-state index contributed by atoms with van der Waals surface area (Å²) in [6, 6.07) is 5.68. The highest BCUT2D eigenvalue weighted by molar-refractivity contribution is 5.65. The SMILES string of the molecule is CCCc1nc2c(o1)NC(N)=C(C#N)[C@@H]2c1cc(OC)c(OC)cc1OC. The lowest BCUT2D eigenvalue weighted by Gasteiger charge is -2.24. The van der Waals surface area contributed by atoms with Gasteiger partial charge in [0.05, 0.1) is 38.9 Å². The van der Waals surface area contributed by atoms with Gasteiger partial charge in [-0.25, -0.2) is 4.98 Å². The largest absolute Gasteiger partial charge is 0.496 e. The number of hydrogen-bond acceptors (Lipinski definition) is 8. The van der Waals surface area contributed by atoms with Crippen molar-refractivity contribution in [3.63, 3.8) is 0 Å². The van der Waals surface area contributed by atoms with Crippen molar-refractivity contribution in [1.82, 2.24) is 4.98 Å². The molecule has 2 aromatic rings. The number of hydrogen-bond donors (Lipinski definition) is 2. The summed E-state index contributed by atoms with van der Waals surface area (Å²) < 4.78 is 22.1. The monoisotopic (exact) mass is 370 g/mol. The number of nitrogens with zero attached hydrogens (tertiary/aromatic N) is 2. The van der Waals surface area contributed by atoms with Gasteiger partial charge in [0.15, 0.2) is 17.4 Å². The molecule has 2 heterocycles. The summed E-state index contributed by atoms with van der Waals surface area (Å²) in [6.45, 7) is 2.04. The Morgan fingerprint density at radius 2 is 1.85 bits per heavy atom. The van der Waals surface area contributed by atoms with Gasteiger partial charge in [-0.05, 0) is 12.5 Å². The zero-order chi connectivity index (χ0) is 19.6. The van der Waals surface area contributed by atoms with Crippen LogP contribution in [-0.2, 0) is 6.42 Å². The molecule has 142 valence electrons. The van der Waals surface area contributed by atoms with Crippen LogP contribution < -0.4 is 25.3 Å². The fourth-order valence-corrected chi connectivity index (χ4v) is 3.17. The van der Waals surface area contributed by atoms with E-state index in [2.05, 4.69) is 16.4 Å². The van der Waals surface area contributed by atoms with Crippen molar-refractivity contribution in [3.8, 4) is 23.3 Å². The van der Waals surface area contributed by atoms with Crippen LogP contribution in [-0.4, -0.2) is 26.3 Å². The molecule has 1 aliphatic rings. The normalized spacial score (nSPS) is 15.6. The Hall–Kier alpha value is -3.34. The van der Waals surface area contributed by atoms with Crippen molar-refractivity contribution in [3.05, 3.63) is 40.7 Å². The molecule has 3 N–H and O–H groups in total. The van der Waals surface area contributed by atoms with Crippen LogP contribution in [0.1, 0.15) is 36.4 Å². The molecule has 1 aromatic heterocycles. The molecule has 0 bridgehead atoms. The van der Waals surface area contributed by atoms with Gasteiger partial charge in [-0.2, -0.15) is 5.26 Å². The summed E-state index contributed by atoms with van der Waals surface area (Å²) in [5, 5.41) is 12.7. The zero-order valence-corrected chi connectivity index (χ0v) is 15.8. The van der Waals surface area contributed by atoms with Crippen molar-refractivity contribution in [2.24, 2.45) is 5.73 Å². The highest BCUT2D eigenvalue weighted by atomic mass is 16.5. The van der Waals surface area contributed by atoms with Crippen molar-refractivity contribution < 1.29 is 18.6 Å². The summed E-state index contributed by atoms with van der Waals surface area (Å²) in [6.07, 6.45) is 1.57. The first-order valence-electron chi connectivity index (χ1n) is 8.54. The molecule has 8 nitrogen and oxygen atoms in total. The topological polar surface area (TPSA) is 116 Å². The Morgan fingerprint density at radius 1 is 1.19 bits per heavy atom. The fraction of sp³-hybridized carbons (Fsp3) is 0.368. The number of ether oxygens (including phenoxy) is 3. The summed E-state index contributed by atoms with van der Waals surface area (Å²) in [5.74, 6) is 2.28. The number of methoxy groups -OCH3 is 3. The Balaban J connectivity index is 2.24. The minimum atomic E-state index is -0.546. The second-order valence-corrected chi connectivity index (χ2v) is 6.02. The molecule has 1 atom stereocenters. The molecule has 0 saturated carbocycles. The molecule has 27 heavy (non-hydrogen) atoms. The zero-order valence-electron chi connectivity index (χ0n) is 15.8. The third-order valence-electron chi connectivity index (χ3n) is 4.43. The van der Waals surface area contributed by atoms with E-state index >= 15 is 0 Å². The highest BCUT2D eigenvalue weighted by Gasteiger charge is 2.36. The first-order chi connectivity index (χ1) is 13.1. The summed E-state index contributed by atoms with van der Waals surface area (Å²) in [4.78, 5) is 4.61. The van der Waals surface area contributed by atoms with Gasteiger partial charge in [0.2, 0.25) is 5.88 Å². The molecule has 0 fully saturated rings. The quantitative estimate of drug-likeness (QED) is 0.797. The lowest BCUT2D eigenvalue weighted by molar-refractivity contribution is 0.347. The lowest BCUT2D eigenvalue weighted by Crippen LogP contribution is -2.23. The van der Waals surface area contributed by atoms with Gasteiger partial charge in [0, 0.05) is 18.1 Å². The van der Waals surface area contributed by atoms with Crippen molar-refractivity contribution >= 4 is 5.88 Å². The van der Waals surface area contributed by atoms with E-state index in [1.807, 2.05) is 6.92 Å². The molecule has 1 aliphatic heterocycles. The number of benzene rings is 1. The number of anilines is 1. The van der Waals surface area contributed by atoms with Gasteiger partial charge in [0.25, 0.3) is 0 Å². The third-order valence-corrected chi connectivity index (χ3v) is 4.43. The van der Waals surface area contributed by atoms with Crippen molar-refractivity contribution in [1.29, 1.82) is 5.26 Å². The summed E-state index contributed by atoms with van der Waals surface area (Å²) in [7, 11) is 4.65. The maximum absolute atomic E-state index is 9.74. The van der Waals surface area contributed by atoms with E-state index in [0.717, 1.165) is 6.42 Å². The Morgan fingerprint density at radius 3 is 2.44 bits per heavy atom. The van der Waals surface area contributed by atoms with Crippen molar-refractivity contribution in [2.75, 3.05) is 26.6 Å². The van der Waals surface area contributed by atoms with Gasteiger partial charge in [-0.3, -0.25) is 0 Å². The Labute approximate surface area is 157 Å². The van der Waals surface area contributed by atoms with E-state index in [9.17, 15) is 5.26 Å². The van der Waals surface area contributed by atoms with Crippen LogP contribution in [0.5, 0.6) is 17.2 Å². The first kappa shape index (κ1) is 18.5. The second kappa shape index (κ2) is 7.50. The predicted octanol–water partition coefficient (Wildman–Crippen LogP) is 2.90. The van der Waals surface area contributed by atoms with Gasteiger partial charge >= 0.3 is 0 Å². The first-order valence-corrected chi connectivity index (χ1v) is 8.54. The number of rotatable bonds is 6. The number of allylic oxidation sites excluding steroid dienone is 1. The van der Waals surface area contributed by atoms with Crippen LogP contribution in [0.25, 0.3) is 0 Å². The van der Waals surface area contributed by atoms with Crippen LogP contribution in [0.2, 0.25) is 0 Å². The maximum Gasteiger partial charge on any atom is 0.223 e. The average molecular weight is 370 g/mol. The Bertz CT molecular complexity index is 927. The molecule has 0 amide bonds. The number of oxazole rings is 1. The minimum absolute atomic E-state index is 0.228. The third kappa shape index (κ3) is 3.12. The number of nitrogens with two attached hydrogens (primary N) is 1. The Kier molecular flexibility index (Phi) is 5.12. The van der Waals surface area contributed by atoms with E-state index in [0.29, 0.717) is 52.3 Å². The summed E-state index contributed by atoms with van der Waals surface area (Å²) in [5.41, 5.74) is 7.71. The molecule has 0 unspecified atom stereocenters. The maximum atomic E-state index is 9.74. The molecule has 0 radical (unpaired) electrons. The van der Waals surface area contributed by atoms with Gasteiger partial charge in [-0.1, -0.05) is 6.92 Å². The van der Waals surface area contributed by atoms with Crippen molar-refractivity contribution in [2.45, 2.75) is 25.7 Å². The summed E-state index contributed by atoms with van der Waals surface area (Å²) >= 11 is 0. The van der Waals surface area contributed by atoms with E-state index < -0.39 is 5.92 Å². The van der Waals surface area contributed by atoms with E-state index in [1.54, 1.807) is 33.5 Å². The average Bonchev–Trinajstić information content (AvgIpc) is 3.07. The number of nitrogens with one attached hydrogen (secondary N) is 1. The number of nitriles is 1. The van der Waals surface area contributed by atoms with Crippen LogP contribution in [0.15, 0.2) is 27.9 Å². The molecule has 0 spiro atoms. The molecular weight excluding hydrogens is 348 g/mol. The van der Waals surface area contributed by atoms with Gasteiger partial charge in [-0.15, -0.1) is 0 Å². The van der Waals surface area contributed by atoms with E-state index in [1.165, 1.54) is 0 Å². The van der Waals surface area contributed by atoms with Crippen LogP contribution >= 0.6 is 0 Å². The highest BCUT2D eigenvalue weighted by Crippen LogP contribution is 2.46. The minimum Gasteiger partial charge on any atom is -0.496 e. The van der Waals surface area contributed by atoms with Crippen LogP contribution in [0, 0.1) is 11.3 Å². The molecule has 0 aliphatic carbocycles. The number of fused-ring (bicyclic) bond motifs is 1. The van der Waals surface area contributed by atoms with Crippen LogP contribution in [0.3, 0.4) is 0 Å². The number of aromatic nitrogens is 1. The van der Waals surface area contributed by atoms with Crippen LogP contribution in [0.4, 0.5) is 5.88 Å². The van der Waals surface area contributed by atoms with E-state index in [4.69, 9.17) is 24.4 Å². The predicted molar refractivity (Wildman–Crippen MR) is 98.9 cm³/mol. The lowest BCUT2D eigenvalue weighted by atomic mass is 9.86. The second-order valence-electron chi connectivity index (χ2n) is 6.02. The van der Waals surface area contributed by atoms with Gasteiger partial charge < -0.3 is 29.7 Å². The fourth-order valence-electron chi connectivity index (χ4n) is 3.17. The molecule has 8 heteroatoms. The standard InChI is InChI=1S/C19H22N4O4/c1-5-6-15-22-17-16(11(9-20)18(21)23-19(17)27-15)10-7-13(25-3)14(26-4)8-12(10)24-2/h7-8,16,23H,5-6,21H2,1-4H3/t16-/m0/s1. The molecular formula is C19H22N4O4. The van der Waals surface area contributed by atoms with E-state index in [-0.39, 0.29) is 5.82 Å². The molecule has 3 rings (SSSR count). The smallest absolute Gasteiger partial charge is 0.223 e. The van der Waals surface area contributed by atoms with Gasteiger partial charge in [0.1, 0.15) is 17.3 Å².